The van der Waals surface area contributed by atoms with Gasteiger partial charge in [-0.15, -0.1) is 0 Å². The monoisotopic (exact) mass is 240 g/mol. The molecule has 2 N–H and O–H groups in total. The highest BCUT2D eigenvalue weighted by Gasteiger charge is 2.08. The minimum atomic E-state index is -0.380. The van der Waals surface area contributed by atoms with E-state index in [0.717, 1.165) is 11.8 Å². The van der Waals surface area contributed by atoms with Crippen LogP contribution in [0.25, 0.3) is 11.2 Å². The lowest BCUT2D eigenvalue weighted by Gasteiger charge is -1.98. The number of nitrogens with zero attached hydrogens (tertiary/aromatic N) is 2. The maximum absolute atomic E-state index is 11.5. The van der Waals surface area contributed by atoms with Crippen LogP contribution in [0.3, 0.4) is 0 Å². The number of aromatic amines is 2. The van der Waals surface area contributed by atoms with Gasteiger partial charge in [0.2, 0.25) is 0 Å². The van der Waals surface area contributed by atoms with Crippen molar-refractivity contribution in [2.24, 2.45) is 0 Å². The van der Waals surface area contributed by atoms with E-state index in [4.69, 9.17) is 0 Å². The quantitative estimate of drug-likeness (QED) is 0.442. The van der Waals surface area contributed by atoms with E-state index in [2.05, 4.69) is 24.7 Å². The summed E-state index contributed by atoms with van der Waals surface area (Å²) in [7, 11) is 1.30. The minimum Gasteiger partial charge on any atom is -0.468 e. The summed E-state index contributed by atoms with van der Waals surface area (Å²) in [5.41, 5.74) is 0.341. The van der Waals surface area contributed by atoms with Crippen LogP contribution in [-0.4, -0.2) is 38.8 Å². The van der Waals surface area contributed by atoms with Crippen LogP contribution in [0.5, 0.6) is 0 Å². The number of hydrogen-bond donors (Lipinski definition) is 2. The van der Waals surface area contributed by atoms with Crippen molar-refractivity contribution in [1.82, 2.24) is 19.9 Å². The van der Waals surface area contributed by atoms with Gasteiger partial charge in [-0.1, -0.05) is 11.8 Å². The van der Waals surface area contributed by atoms with E-state index in [-0.39, 0.29) is 17.3 Å². The van der Waals surface area contributed by atoms with Crippen molar-refractivity contribution >= 4 is 28.9 Å². The predicted octanol–water partition coefficient (Wildman–Crippen LogP) is -0.0887. The third kappa shape index (κ3) is 2.06. The Hall–Kier alpha value is -1.83. The number of rotatable bonds is 3. The second kappa shape index (κ2) is 4.35. The molecule has 84 valence electrons. The number of nitrogens with one attached hydrogen (secondary N) is 2. The zero-order valence-corrected chi connectivity index (χ0v) is 9.13. The summed E-state index contributed by atoms with van der Waals surface area (Å²) in [5.74, 6) is -0.287. The molecule has 2 heterocycles. The summed E-state index contributed by atoms with van der Waals surface area (Å²) in [6, 6.07) is 0. The zero-order valence-electron chi connectivity index (χ0n) is 8.31. The molecular weight excluding hydrogens is 232 g/mol. The van der Waals surface area contributed by atoms with Gasteiger partial charge in [0.1, 0.15) is 0 Å². The lowest BCUT2D eigenvalue weighted by atomic mass is 10.6. The average molecular weight is 240 g/mol. The molecule has 16 heavy (non-hydrogen) atoms. The molecule has 0 unspecified atom stereocenters. The Balaban J connectivity index is 2.25. The molecule has 0 aliphatic carbocycles. The summed E-state index contributed by atoms with van der Waals surface area (Å²) in [6.07, 6.45) is 1.39. The molecule has 0 saturated heterocycles. The topological polar surface area (TPSA) is 101 Å². The Morgan fingerprint density at radius 3 is 3.19 bits per heavy atom. The fourth-order valence-electron chi connectivity index (χ4n) is 1.08. The summed E-state index contributed by atoms with van der Waals surface area (Å²) in [6.45, 7) is 0. The van der Waals surface area contributed by atoms with Gasteiger partial charge in [0, 0.05) is 0 Å². The molecule has 0 atom stereocenters. The number of H-pyrrole nitrogens is 2. The van der Waals surface area contributed by atoms with Crippen LogP contribution >= 0.6 is 11.8 Å². The van der Waals surface area contributed by atoms with Gasteiger partial charge in [-0.3, -0.25) is 14.6 Å². The molecule has 0 bridgehead atoms. The Kier molecular flexibility index (Phi) is 2.91. The Morgan fingerprint density at radius 2 is 2.44 bits per heavy atom. The molecule has 0 saturated carbocycles. The van der Waals surface area contributed by atoms with Crippen molar-refractivity contribution in [2.45, 2.75) is 5.16 Å². The van der Waals surface area contributed by atoms with Crippen molar-refractivity contribution in [1.29, 1.82) is 0 Å². The molecule has 0 aliphatic heterocycles. The Morgan fingerprint density at radius 1 is 1.62 bits per heavy atom. The summed E-state index contributed by atoms with van der Waals surface area (Å²) < 4.78 is 4.47. The van der Waals surface area contributed by atoms with Crippen molar-refractivity contribution in [3.63, 3.8) is 0 Å². The van der Waals surface area contributed by atoms with Crippen molar-refractivity contribution in [3.8, 4) is 0 Å². The van der Waals surface area contributed by atoms with Crippen LogP contribution in [0, 0.1) is 0 Å². The summed E-state index contributed by atoms with van der Waals surface area (Å²) in [5, 5.41) is 0.343. The van der Waals surface area contributed by atoms with Crippen molar-refractivity contribution in [3.05, 3.63) is 16.7 Å². The molecule has 0 radical (unpaired) electrons. The lowest BCUT2D eigenvalue weighted by Crippen LogP contribution is -2.10. The maximum Gasteiger partial charge on any atom is 0.316 e. The highest BCUT2D eigenvalue weighted by Crippen LogP contribution is 2.12. The van der Waals surface area contributed by atoms with Gasteiger partial charge >= 0.3 is 5.97 Å². The zero-order chi connectivity index (χ0) is 11.5. The third-order valence-corrected chi connectivity index (χ3v) is 2.68. The molecule has 0 fully saturated rings. The molecular formula is C8H8N4O3S. The molecule has 7 nitrogen and oxygen atoms in total. The van der Waals surface area contributed by atoms with Gasteiger partial charge in [-0.2, -0.15) is 0 Å². The summed E-state index contributed by atoms with van der Waals surface area (Å²) in [4.78, 5) is 35.5. The van der Waals surface area contributed by atoms with Crippen LogP contribution in [0.15, 0.2) is 16.3 Å². The normalized spacial score (nSPS) is 10.6. The second-order valence-electron chi connectivity index (χ2n) is 2.84. The molecule has 0 amide bonds. The van der Waals surface area contributed by atoms with E-state index in [1.54, 1.807) is 0 Å². The van der Waals surface area contributed by atoms with E-state index in [9.17, 15) is 9.59 Å². The van der Waals surface area contributed by atoms with Crippen LogP contribution in [0.4, 0.5) is 0 Å². The lowest BCUT2D eigenvalue weighted by molar-refractivity contribution is -0.137. The highest BCUT2D eigenvalue weighted by molar-refractivity contribution is 7.99. The van der Waals surface area contributed by atoms with Gasteiger partial charge in [-0.25, -0.2) is 9.97 Å². The highest BCUT2D eigenvalue weighted by atomic mass is 32.2. The number of carbonyl (C=O) groups excluding carboxylic acids is 1. The van der Waals surface area contributed by atoms with Gasteiger partial charge < -0.3 is 9.72 Å². The number of fused-ring (bicyclic) bond motifs is 1. The number of thioether (sulfide) groups is 1. The van der Waals surface area contributed by atoms with Crippen LogP contribution < -0.4 is 5.56 Å². The molecule has 0 aromatic carbocycles. The average Bonchev–Trinajstić information content (AvgIpc) is 2.74. The van der Waals surface area contributed by atoms with E-state index in [1.807, 2.05) is 0 Å². The molecule has 2 aromatic heterocycles. The van der Waals surface area contributed by atoms with Gasteiger partial charge in [0.05, 0.1) is 19.2 Å². The smallest absolute Gasteiger partial charge is 0.316 e. The predicted molar refractivity (Wildman–Crippen MR) is 57.2 cm³/mol. The SMILES string of the molecule is COC(=O)CSc1nc2nc[nH]c2c(=O)[nH]1. The van der Waals surface area contributed by atoms with Crippen molar-refractivity contribution in [2.75, 3.05) is 12.9 Å². The summed E-state index contributed by atoms with van der Waals surface area (Å²) >= 11 is 1.09. The van der Waals surface area contributed by atoms with Gasteiger partial charge in [0.15, 0.2) is 16.3 Å². The standard InChI is InChI=1S/C8H8N4O3S/c1-15-4(13)2-16-8-11-6-5(7(14)12-8)9-3-10-6/h3H,2H2,1H3,(H2,9,10,11,12,14). The Labute approximate surface area is 93.6 Å². The molecule has 2 aromatic rings. The number of methoxy groups -OCH3 is 1. The first-order valence-corrected chi connectivity index (χ1v) is 5.32. The Bertz CT molecular complexity index is 576. The molecule has 0 spiro atoms. The molecule has 0 aliphatic rings. The molecule has 2 rings (SSSR count). The van der Waals surface area contributed by atoms with E-state index in [1.165, 1.54) is 13.4 Å². The second-order valence-corrected chi connectivity index (χ2v) is 3.80. The fourth-order valence-corrected chi connectivity index (χ4v) is 1.77. The fraction of sp³-hybridized carbons (Fsp3) is 0.250. The number of imidazole rings is 1. The first kappa shape index (κ1) is 10.7. The third-order valence-electron chi connectivity index (χ3n) is 1.83. The first-order chi connectivity index (χ1) is 7.70. The van der Waals surface area contributed by atoms with E-state index >= 15 is 0 Å². The van der Waals surface area contributed by atoms with E-state index < -0.39 is 0 Å². The number of aromatic nitrogens is 4. The minimum absolute atomic E-state index is 0.0926. The van der Waals surface area contributed by atoms with Crippen LogP contribution in [-0.2, 0) is 9.53 Å². The first-order valence-electron chi connectivity index (χ1n) is 4.33. The number of ether oxygens (including phenoxy) is 1. The number of hydrogen-bond acceptors (Lipinski definition) is 6. The van der Waals surface area contributed by atoms with Gasteiger partial charge in [0.25, 0.3) is 5.56 Å². The largest absolute Gasteiger partial charge is 0.468 e. The number of carbonyl (C=O) groups is 1. The van der Waals surface area contributed by atoms with Crippen molar-refractivity contribution < 1.29 is 9.53 Å². The van der Waals surface area contributed by atoms with E-state index in [0.29, 0.717) is 16.3 Å². The van der Waals surface area contributed by atoms with Gasteiger partial charge in [-0.05, 0) is 0 Å². The molecule has 8 heteroatoms. The van der Waals surface area contributed by atoms with Crippen LogP contribution in [0.2, 0.25) is 0 Å². The maximum atomic E-state index is 11.5. The van der Waals surface area contributed by atoms with Crippen LogP contribution in [0.1, 0.15) is 0 Å². The number of esters is 1.